The number of para-hydroxylation sites is 1. The smallest absolute Gasteiger partial charge is 0.294 e. The summed E-state index contributed by atoms with van der Waals surface area (Å²) in [6.45, 7) is 3.70. The molecule has 0 amide bonds. The molecule has 0 atom stereocenters. The van der Waals surface area contributed by atoms with Gasteiger partial charge in [-0.25, -0.2) is 8.42 Å². The van der Waals surface area contributed by atoms with Gasteiger partial charge in [0.1, 0.15) is 5.58 Å². The lowest BCUT2D eigenvalue weighted by Crippen LogP contribution is -2.12. The van der Waals surface area contributed by atoms with Gasteiger partial charge in [0.15, 0.2) is 17.3 Å². The molecule has 2 heterocycles. The fraction of sp³-hybridized carbons (Fsp3) is 0.154. The molecule has 2 aromatic heterocycles. The Kier molecular flexibility index (Phi) is 5.89. The molecule has 0 unspecified atom stereocenters. The lowest BCUT2D eigenvalue weighted by molar-refractivity contribution is 0.355. The third-order valence-electron chi connectivity index (χ3n) is 5.75. The van der Waals surface area contributed by atoms with Crippen LogP contribution in [0.4, 0.5) is 5.69 Å². The normalized spacial score (nSPS) is 11.6. The van der Waals surface area contributed by atoms with E-state index in [1.54, 1.807) is 55.6 Å². The second-order valence-electron chi connectivity index (χ2n) is 8.15. The van der Waals surface area contributed by atoms with Crippen molar-refractivity contribution in [3.8, 4) is 34.5 Å². The summed E-state index contributed by atoms with van der Waals surface area (Å²) in [7, 11) is -0.728. The number of rotatable bonds is 7. The third-order valence-corrected chi connectivity index (χ3v) is 7.13. The van der Waals surface area contributed by atoms with Crippen LogP contribution in [0, 0.1) is 13.8 Å². The van der Waals surface area contributed by atoms with Gasteiger partial charge in [-0.1, -0.05) is 23.4 Å². The van der Waals surface area contributed by atoms with E-state index in [4.69, 9.17) is 18.4 Å². The van der Waals surface area contributed by atoms with Crippen LogP contribution < -0.4 is 14.2 Å². The number of furan rings is 1. The van der Waals surface area contributed by atoms with Crippen molar-refractivity contribution in [1.29, 1.82) is 0 Å². The summed E-state index contributed by atoms with van der Waals surface area (Å²) >= 11 is 0. The first-order valence-electron chi connectivity index (χ1n) is 11.0. The third kappa shape index (κ3) is 4.16. The van der Waals surface area contributed by atoms with Crippen LogP contribution in [-0.4, -0.2) is 32.8 Å². The predicted molar refractivity (Wildman–Crippen MR) is 135 cm³/mol. The predicted octanol–water partition coefficient (Wildman–Crippen LogP) is 5.58. The molecule has 0 bridgehead atoms. The van der Waals surface area contributed by atoms with Gasteiger partial charge in [0.05, 0.1) is 24.7 Å². The van der Waals surface area contributed by atoms with Crippen molar-refractivity contribution in [3.63, 3.8) is 0 Å². The number of benzene rings is 3. The molecule has 5 rings (SSSR count). The van der Waals surface area contributed by atoms with Gasteiger partial charge >= 0.3 is 0 Å². The minimum Gasteiger partial charge on any atom is -0.493 e. The maximum atomic E-state index is 13.0. The number of aryl methyl sites for hydroxylation is 2. The van der Waals surface area contributed by atoms with Gasteiger partial charge in [-0.2, -0.15) is 4.98 Å². The van der Waals surface area contributed by atoms with Gasteiger partial charge in [-0.05, 0) is 61.9 Å². The molecular formula is C26H23N3O6S. The maximum absolute atomic E-state index is 13.0. The monoisotopic (exact) mass is 505 g/mol. The fourth-order valence-corrected chi connectivity index (χ4v) is 5.06. The molecule has 3 aromatic carbocycles. The van der Waals surface area contributed by atoms with Crippen LogP contribution in [-0.2, 0) is 10.0 Å². The Hall–Kier alpha value is -4.31. The quantitative estimate of drug-likeness (QED) is 0.304. The number of ether oxygens (including phenoxy) is 2. The van der Waals surface area contributed by atoms with Crippen LogP contribution in [0.15, 0.2) is 74.5 Å². The number of anilines is 1. The van der Waals surface area contributed by atoms with Crippen LogP contribution >= 0.6 is 0 Å². The number of hydrogen-bond acceptors (Lipinski definition) is 8. The highest BCUT2D eigenvalue weighted by Gasteiger charge is 2.23. The van der Waals surface area contributed by atoms with E-state index < -0.39 is 10.0 Å². The number of hydrogen-bond donors (Lipinski definition) is 1. The number of fused-ring (bicyclic) bond motifs is 1. The molecule has 5 aromatic rings. The van der Waals surface area contributed by atoms with Crippen LogP contribution in [0.25, 0.3) is 34.0 Å². The highest BCUT2D eigenvalue weighted by molar-refractivity contribution is 7.92. The van der Waals surface area contributed by atoms with Crippen LogP contribution in [0.3, 0.4) is 0 Å². The molecule has 0 saturated carbocycles. The van der Waals surface area contributed by atoms with Crippen molar-refractivity contribution < 1.29 is 26.8 Å². The number of aromatic nitrogens is 2. The summed E-state index contributed by atoms with van der Waals surface area (Å²) in [5, 5.41) is 4.70. The Bertz CT molecular complexity index is 1690. The molecule has 0 saturated heterocycles. The molecule has 1 N–H and O–H groups in total. The van der Waals surface area contributed by atoms with Crippen molar-refractivity contribution in [2.45, 2.75) is 18.7 Å². The van der Waals surface area contributed by atoms with Crippen LogP contribution in [0.1, 0.15) is 11.1 Å². The number of sulfonamides is 1. The molecule has 0 radical (unpaired) electrons. The Morgan fingerprint density at radius 1 is 0.944 bits per heavy atom. The van der Waals surface area contributed by atoms with Gasteiger partial charge < -0.3 is 18.4 Å². The highest BCUT2D eigenvalue weighted by Crippen LogP contribution is 2.39. The Morgan fingerprint density at radius 3 is 2.50 bits per heavy atom. The molecule has 36 heavy (non-hydrogen) atoms. The largest absolute Gasteiger partial charge is 0.493 e. The molecule has 10 heteroatoms. The SMILES string of the molecule is COc1cccc(-c2noc(-c3oc4ccc(S(=O)(=O)Nc5cccc(C)c5)cc4c3C)n2)c1OC. The summed E-state index contributed by atoms with van der Waals surface area (Å²) in [4.78, 5) is 4.60. The zero-order valence-electron chi connectivity index (χ0n) is 20.0. The van der Waals surface area contributed by atoms with E-state index in [2.05, 4.69) is 14.9 Å². The maximum Gasteiger partial charge on any atom is 0.294 e. The van der Waals surface area contributed by atoms with Crippen LogP contribution in [0.5, 0.6) is 11.5 Å². The number of methoxy groups -OCH3 is 2. The van der Waals surface area contributed by atoms with E-state index in [-0.39, 0.29) is 10.8 Å². The Balaban J connectivity index is 1.51. The van der Waals surface area contributed by atoms with Crippen molar-refractivity contribution in [3.05, 3.63) is 71.8 Å². The summed E-state index contributed by atoms with van der Waals surface area (Å²) < 4.78 is 50.9. The Labute approximate surface area is 207 Å². The van der Waals surface area contributed by atoms with Gasteiger partial charge in [0.2, 0.25) is 5.82 Å². The van der Waals surface area contributed by atoms with E-state index in [0.717, 1.165) is 5.56 Å². The van der Waals surface area contributed by atoms with Gasteiger partial charge in [-0.3, -0.25) is 4.72 Å². The van der Waals surface area contributed by atoms with E-state index in [1.807, 2.05) is 19.9 Å². The summed E-state index contributed by atoms with van der Waals surface area (Å²) in [6, 6.07) is 17.2. The highest BCUT2D eigenvalue weighted by atomic mass is 32.2. The van der Waals surface area contributed by atoms with Crippen molar-refractivity contribution in [2.75, 3.05) is 18.9 Å². The van der Waals surface area contributed by atoms with E-state index in [0.29, 0.717) is 50.9 Å². The van der Waals surface area contributed by atoms with Gasteiger partial charge in [-0.15, -0.1) is 0 Å². The van der Waals surface area contributed by atoms with Gasteiger partial charge in [0, 0.05) is 16.6 Å². The van der Waals surface area contributed by atoms with E-state index in [1.165, 1.54) is 13.2 Å². The zero-order valence-corrected chi connectivity index (χ0v) is 20.8. The first kappa shape index (κ1) is 23.4. The van der Waals surface area contributed by atoms with E-state index >= 15 is 0 Å². The van der Waals surface area contributed by atoms with E-state index in [9.17, 15) is 8.42 Å². The fourth-order valence-electron chi connectivity index (χ4n) is 3.98. The minimum atomic E-state index is -3.81. The summed E-state index contributed by atoms with van der Waals surface area (Å²) in [5.74, 6) is 1.82. The summed E-state index contributed by atoms with van der Waals surface area (Å²) in [6.07, 6.45) is 0. The first-order valence-corrected chi connectivity index (χ1v) is 12.5. The molecule has 0 aliphatic carbocycles. The van der Waals surface area contributed by atoms with Crippen molar-refractivity contribution >= 4 is 26.7 Å². The average molecular weight is 506 g/mol. The molecule has 0 aliphatic rings. The van der Waals surface area contributed by atoms with Crippen molar-refractivity contribution in [1.82, 2.24) is 10.1 Å². The zero-order chi connectivity index (χ0) is 25.4. The molecule has 0 fully saturated rings. The first-order chi connectivity index (χ1) is 17.3. The number of nitrogens with zero attached hydrogens (tertiary/aromatic N) is 2. The Morgan fingerprint density at radius 2 is 1.75 bits per heavy atom. The number of nitrogens with one attached hydrogen (secondary N) is 1. The standard InChI is InChI=1S/C26H23N3O6S/c1-15-7-5-8-17(13-15)29-36(30,31)18-11-12-21-20(14-18)16(2)23(34-21)26-27-25(28-35-26)19-9-6-10-22(32-3)24(19)33-4/h5-14,29H,1-4H3. The lowest BCUT2D eigenvalue weighted by Gasteiger charge is -2.09. The lowest BCUT2D eigenvalue weighted by atomic mass is 10.1. The molecule has 9 nitrogen and oxygen atoms in total. The molecule has 0 aliphatic heterocycles. The second-order valence-corrected chi connectivity index (χ2v) is 9.84. The molecular weight excluding hydrogens is 482 g/mol. The second kappa shape index (κ2) is 9.04. The average Bonchev–Trinajstić information content (AvgIpc) is 3.47. The molecule has 184 valence electrons. The van der Waals surface area contributed by atoms with Crippen LogP contribution in [0.2, 0.25) is 0 Å². The topological polar surface area (TPSA) is 117 Å². The minimum absolute atomic E-state index is 0.110. The summed E-state index contributed by atoms with van der Waals surface area (Å²) in [5.41, 5.74) is 3.20. The van der Waals surface area contributed by atoms with Gasteiger partial charge in [0.25, 0.3) is 15.9 Å². The molecule has 0 spiro atoms. The van der Waals surface area contributed by atoms with Crippen molar-refractivity contribution in [2.24, 2.45) is 0 Å².